The van der Waals surface area contributed by atoms with E-state index in [-0.39, 0.29) is 12.5 Å². The van der Waals surface area contributed by atoms with E-state index >= 15 is 0 Å². The summed E-state index contributed by atoms with van der Waals surface area (Å²) >= 11 is 0. The molecular weight excluding hydrogens is 228 g/mol. The Morgan fingerprint density at radius 2 is 2.28 bits per heavy atom. The molecule has 98 valence electrons. The summed E-state index contributed by atoms with van der Waals surface area (Å²) in [5, 5.41) is 0. The van der Waals surface area contributed by atoms with Gasteiger partial charge in [-0.2, -0.15) is 0 Å². The molecule has 4 heteroatoms. The van der Waals surface area contributed by atoms with Crippen LogP contribution in [0.3, 0.4) is 0 Å². The highest BCUT2D eigenvalue weighted by Crippen LogP contribution is 2.25. The molecule has 0 bridgehead atoms. The van der Waals surface area contributed by atoms with Gasteiger partial charge in [0.15, 0.2) is 6.61 Å². The first-order chi connectivity index (χ1) is 8.70. The van der Waals surface area contributed by atoms with Crippen molar-refractivity contribution < 1.29 is 9.53 Å². The van der Waals surface area contributed by atoms with Gasteiger partial charge in [-0.3, -0.25) is 4.79 Å². The number of likely N-dealkylation sites (N-methyl/N-ethyl adjacent to an activating group) is 1. The molecule has 1 aliphatic rings. The van der Waals surface area contributed by atoms with E-state index < -0.39 is 0 Å². The number of carbonyl (C=O) groups is 1. The van der Waals surface area contributed by atoms with Crippen LogP contribution in [0.25, 0.3) is 0 Å². The molecule has 0 heterocycles. The molecule has 1 aliphatic carbocycles. The zero-order valence-electron chi connectivity index (χ0n) is 10.8. The van der Waals surface area contributed by atoms with Crippen LogP contribution in [0.5, 0.6) is 5.75 Å². The number of ether oxygens (including phenoxy) is 1. The van der Waals surface area contributed by atoms with E-state index in [4.69, 9.17) is 10.5 Å². The molecular formula is C14H20N2O2. The number of hydrogen-bond donors (Lipinski definition) is 1. The molecule has 1 aromatic carbocycles. The predicted octanol–water partition coefficient (Wildman–Crippen LogP) is 1.19. The molecule has 2 N–H and O–H groups in total. The monoisotopic (exact) mass is 248 g/mol. The van der Waals surface area contributed by atoms with Crippen LogP contribution in [-0.4, -0.2) is 37.0 Å². The number of hydrogen-bond acceptors (Lipinski definition) is 3. The molecule has 0 spiro atoms. The maximum absolute atomic E-state index is 11.8. The number of rotatable bonds is 6. The highest BCUT2D eigenvalue weighted by molar-refractivity contribution is 5.78. The Morgan fingerprint density at radius 1 is 1.50 bits per heavy atom. The Bertz CT molecular complexity index is 416. The molecule has 0 unspecified atom stereocenters. The molecule has 1 saturated carbocycles. The molecule has 0 aliphatic heterocycles. The molecule has 0 saturated heterocycles. The average Bonchev–Trinajstić information content (AvgIpc) is 3.20. The summed E-state index contributed by atoms with van der Waals surface area (Å²) in [5.74, 6) is 0.778. The van der Waals surface area contributed by atoms with Crippen LogP contribution >= 0.6 is 0 Å². The van der Waals surface area contributed by atoms with Crippen molar-refractivity contribution in [3.05, 3.63) is 29.8 Å². The first-order valence-corrected chi connectivity index (χ1v) is 6.38. The summed E-state index contributed by atoms with van der Waals surface area (Å²) in [5.41, 5.74) is 6.65. The van der Waals surface area contributed by atoms with E-state index in [2.05, 4.69) is 0 Å². The highest BCUT2D eigenvalue weighted by atomic mass is 16.5. The van der Waals surface area contributed by atoms with Crippen molar-refractivity contribution in [2.75, 3.05) is 20.2 Å². The number of nitrogens with zero attached hydrogens (tertiary/aromatic N) is 1. The third kappa shape index (κ3) is 3.47. The van der Waals surface area contributed by atoms with Crippen molar-refractivity contribution in [2.45, 2.75) is 25.3 Å². The van der Waals surface area contributed by atoms with Gasteiger partial charge in [0.05, 0.1) is 0 Å². The summed E-state index contributed by atoms with van der Waals surface area (Å²) in [6, 6.07) is 8.18. The van der Waals surface area contributed by atoms with Gasteiger partial charge in [-0.25, -0.2) is 0 Å². The zero-order chi connectivity index (χ0) is 13.0. The third-order valence-corrected chi connectivity index (χ3v) is 3.18. The second kappa shape index (κ2) is 5.87. The minimum absolute atomic E-state index is 0.0433. The van der Waals surface area contributed by atoms with Gasteiger partial charge >= 0.3 is 0 Å². The zero-order valence-corrected chi connectivity index (χ0v) is 10.8. The SMILES string of the molecule is CN(C(=O)COc1cccc(CCN)c1)C1CC1. The lowest BCUT2D eigenvalue weighted by atomic mass is 10.1. The van der Waals surface area contributed by atoms with Gasteiger partial charge in [-0.15, -0.1) is 0 Å². The van der Waals surface area contributed by atoms with E-state index in [9.17, 15) is 4.79 Å². The number of benzene rings is 1. The first kappa shape index (κ1) is 12.9. The average molecular weight is 248 g/mol. The molecule has 18 heavy (non-hydrogen) atoms. The predicted molar refractivity (Wildman–Crippen MR) is 70.5 cm³/mol. The van der Waals surface area contributed by atoms with Crippen molar-refractivity contribution in [1.82, 2.24) is 4.90 Å². The van der Waals surface area contributed by atoms with Crippen LogP contribution < -0.4 is 10.5 Å². The van der Waals surface area contributed by atoms with Crippen LogP contribution in [0, 0.1) is 0 Å². The Hall–Kier alpha value is -1.55. The minimum Gasteiger partial charge on any atom is -0.484 e. The van der Waals surface area contributed by atoms with Gasteiger partial charge < -0.3 is 15.4 Å². The van der Waals surface area contributed by atoms with Crippen LogP contribution in [0.4, 0.5) is 0 Å². The van der Waals surface area contributed by atoms with Gasteiger partial charge in [0, 0.05) is 13.1 Å². The van der Waals surface area contributed by atoms with Crippen molar-refractivity contribution in [2.24, 2.45) is 5.73 Å². The summed E-state index contributed by atoms with van der Waals surface area (Å²) < 4.78 is 5.52. The Balaban J connectivity index is 1.85. The molecule has 0 radical (unpaired) electrons. The summed E-state index contributed by atoms with van der Waals surface area (Å²) in [6.07, 6.45) is 3.07. The fourth-order valence-electron chi connectivity index (χ4n) is 1.87. The van der Waals surface area contributed by atoms with Gasteiger partial charge in [-0.05, 0) is 43.5 Å². The summed E-state index contributed by atoms with van der Waals surface area (Å²) in [4.78, 5) is 13.6. The highest BCUT2D eigenvalue weighted by Gasteiger charge is 2.29. The van der Waals surface area contributed by atoms with Crippen LogP contribution in [0.15, 0.2) is 24.3 Å². The van der Waals surface area contributed by atoms with Crippen LogP contribution in [-0.2, 0) is 11.2 Å². The number of amides is 1. The fourth-order valence-corrected chi connectivity index (χ4v) is 1.87. The van der Waals surface area contributed by atoms with Crippen LogP contribution in [0.2, 0.25) is 0 Å². The fraction of sp³-hybridized carbons (Fsp3) is 0.500. The molecule has 2 rings (SSSR count). The molecule has 1 aromatic rings. The smallest absolute Gasteiger partial charge is 0.260 e. The Kier molecular flexibility index (Phi) is 4.20. The first-order valence-electron chi connectivity index (χ1n) is 6.38. The summed E-state index contributed by atoms with van der Waals surface area (Å²) in [6.45, 7) is 0.728. The normalized spacial score (nSPS) is 14.3. The topological polar surface area (TPSA) is 55.6 Å². The maximum atomic E-state index is 11.8. The minimum atomic E-state index is 0.0433. The van der Waals surface area contributed by atoms with E-state index in [0.717, 1.165) is 30.6 Å². The van der Waals surface area contributed by atoms with E-state index in [1.54, 1.807) is 4.90 Å². The van der Waals surface area contributed by atoms with E-state index in [1.807, 2.05) is 31.3 Å². The maximum Gasteiger partial charge on any atom is 0.260 e. The lowest BCUT2D eigenvalue weighted by Gasteiger charge is -2.16. The molecule has 0 atom stereocenters. The lowest BCUT2D eigenvalue weighted by molar-refractivity contribution is -0.132. The van der Waals surface area contributed by atoms with Crippen molar-refractivity contribution in [3.63, 3.8) is 0 Å². The Labute approximate surface area is 108 Å². The molecule has 1 fully saturated rings. The largest absolute Gasteiger partial charge is 0.484 e. The van der Waals surface area contributed by atoms with Gasteiger partial charge in [0.25, 0.3) is 5.91 Å². The van der Waals surface area contributed by atoms with Gasteiger partial charge in [-0.1, -0.05) is 12.1 Å². The molecule has 4 nitrogen and oxygen atoms in total. The lowest BCUT2D eigenvalue weighted by Crippen LogP contribution is -2.33. The van der Waals surface area contributed by atoms with Crippen molar-refractivity contribution in [1.29, 1.82) is 0 Å². The van der Waals surface area contributed by atoms with Gasteiger partial charge in [0.1, 0.15) is 5.75 Å². The second-order valence-electron chi connectivity index (χ2n) is 4.71. The third-order valence-electron chi connectivity index (χ3n) is 3.18. The van der Waals surface area contributed by atoms with E-state index in [0.29, 0.717) is 12.6 Å². The second-order valence-corrected chi connectivity index (χ2v) is 4.71. The summed E-state index contributed by atoms with van der Waals surface area (Å²) in [7, 11) is 1.84. The van der Waals surface area contributed by atoms with Crippen molar-refractivity contribution >= 4 is 5.91 Å². The van der Waals surface area contributed by atoms with Gasteiger partial charge in [0.2, 0.25) is 0 Å². The quantitative estimate of drug-likeness (QED) is 0.822. The van der Waals surface area contributed by atoms with Crippen LogP contribution in [0.1, 0.15) is 18.4 Å². The Morgan fingerprint density at radius 3 is 2.94 bits per heavy atom. The van der Waals surface area contributed by atoms with Crippen molar-refractivity contribution in [3.8, 4) is 5.75 Å². The number of nitrogens with two attached hydrogens (primary N) is 1. The molecule has 0 aromatic heterocycles. The molecule has 1 amide bonds. The number of carbonyl (C=O) groups excluding carboxylic acids is 1. The van der Waals surface area contributed by atoms with E-state index in [1.165, 1.54) is 0 Å². The standard InChI is InChI=1S/C14H20N2O2/c1-16(12-5-6-12)14(17)10-18-13-4-2-3-11(9-13)7-8-15/h2-4,9,12H,5-8,10,15H2,1H3.